The molecule has 0 bridgehead atoms. The Morgan fingerprint density at radius 1 is 1.20 bits per heavy atom. The Kier molecular flexibility index (Phi) is 3.09. The largest absolute Gasteiger partial charge is 0.449 e. The zero-order chi connectivity index (χ0) is 14.3. The van der Waals surface area contributed by atoms with Crippen molar-refractivity contribution in [2.45, 2.75) is 40.0 Å². The van der Waals surface area contributed by atoms with E-state index in [4.69, 9.17) is 9.47 Å². The second kappa shape index (κ2) is 4.66. The summed E-state index contributed by atoms with van der Waals surface area (Å²) in [4.78, 5) is 5.70. The lowest BCUT2D eigenvalue weighted by Crippen LogP contribution is -2.29. The van der Waals surface area contributed by atoms with Gasteiger partial charge in [-0.05, 0) is 26.0 Å². The quantitative estimate of drug-likeness (QED) is 0.931. The number of hydrogen-bond acceptors (Lipinski definition) is 5. The van der Waals surface area contributed by atoms with Gasteiger partial charge in [-0.3, -0.25) is 0 Å². The van der Waals surface area contributed by atoms with Crippen molar-refractivity contribution < 1.29 is 9.47 Å². The van der Waals surface area contributed by atoms with Crippen LogP contribution in [0.3, 0.4) is 0 Å². The van der Waals surface area contributed by atoms with Crippen LogP contribution in [0.5, 0.6) is 11.5 Å². The topological polar surface area (TPSA) is 43.4 Å². The summed E-state index contributed by atoms with van der Waals surface area (Å²) in [7, 11) is 0. The minimum absolute atomic E-state index is 0.577. The van der Waals surface area contributed by atoms with Gasteiger partial charge < -0.3 is 14.8 Å². The zero-order valence-electron chi connectivity index (χ0n) is 12.1. The number of nitrogens with zero attached hydrogens (tertiary/aromatic N) is 1. The fraction of sp³-hybridized carbons (Fsp3) is 0.400. The van der Waals surface area contributed by atoms with Crippen LogP contribution in [0.2, 0.25) is 0 Å². The Labute approximate surface area is 122 Å². The van der Waals surface area contributed by atoms with Gasteiger partial charge in [0, 0.05) is 30.5 Å². The van der Waals surface area contributed by atoms with Gasteiger partial charge in [0.2, 0.25) is 5.79 Å². The van der Waals surface area contributed by atoms with E-state index in [1.54, 1.807) is 11.3 Å². The van der Waals surface area contributed by atoms with Crippen molar-refractivity contribution >= 4 is 17.0 Å². The Hall–Kier alpha value is -1.75. The molecule has 1 aromatic carbocycles. The molecule has 2 heterocycles. The van der Waals surface area contributed by atoms with Gasteiger partial charge in [0.25, 0.3) is 0 Å². The smallest absolute Gasteiger partial charge is 0.246 e. The van der Waals surface area contributed by atoms with Crippen LogP contribution in [-0.2, 0) is 6.54 Å². The third-order valence-corrected chi connectivity index (χ3v) is 4.18. The van der Waals surface area contributed by atoms with Crippen molar-refractivity contribution in [3.63, 3.8) is 0 Å². The zero-order valence-corrected chi connectivity index (χ0v) is 12.9. The van der Waals surface area contributed by atoms with Crippen LogP contribution in [0, 0.1) is 13.8 Å². The average Bonchev–Trinajstić information content (AvgIpc) is 2.83. The molecule has 1 aromatic heterocycles. The van der Waals surface area contributed by atoms with Crippen LogP contribution in [0.1, 0.15) is 29.4 Å². The molecule has 5 heteroatoms. The van der Waals surface area contributed by atoms with Gasteiger partial charge in [-0.2, -0.15) is 0 Å². The third kappa shape index (κ3) is 2.58. The molecule has 0 saturated carbocycles. The number of rotatable bonds is 3. The second-order valence-corrected chi connectivity index (χ2v) is 6.65. The maximum atomic E-state index is 5.74. The summed E-state index contributed by atoms with van der Waals surface area (Å²) in [6.45, 7) is 8.67. The summed E-state index contributed by atoms with van der Waals surface area (Å²) >= 11 is 1.73. The molecular weight excluding hydrogens is 272 g/mol. The Morgan fingerprint density at radius 3 is 2.65 bits per heavy atom. The number of anilines is 1. The van der Waals surface area contributed by atoms with E-state index >= 15 is 0 Å². The molecule has 2 aromatic rings. The lowest BCUT2D eigenvalue weighted by molar-refractivity contribution is -0.0431. The van der Waals surface area contributed by atoms with E-state index < -0.39 is 5.79 Å². The van der Waals surface area contributed by atoms with Crippen molar-refractivity contribution in [2.75, 3.05) is 5.32 Å². The summed E-state index contributed by atoms with van der Waals surface area (Å²) in [5, 5.41) is 4.51. The minimum atomic E-state index is -0.577. The molecule has 1 aliphatic heterocycles. The Bertz CT molecular complexity index is 649. The summed E-state index contributed by atoms with van der Waals surface area (Å²) < 4.78 is 11.4. The molecule has 0 unspecified atom stereocenters. The summed E-state index contributed by atoms with van der Waals surface area (Å²) in [5.41, 5.74) is 2.12. The summed E-state index contributed by atoms with van der Waals surface area (Å²) in [6.07, 6.45) is 0. The molecule has 1 aliphatic rings. The second-order valence-electron chi connectivity index (χ2n) is 5.36. The van der Waals surface area contributed by atoms with E-state index in [1.165, 1.54) is 4.88 Å². The van der Waals surface area contributed by atoms with Gasteiger partial charge in [-0.1, -0.05) is 0 Å². The number of aromatic nitrogens is 1. The lowest BCUT2D eigenvalue weighted by atomic mass is 10.2. The molecule has 3 rings (SSSR count). The third-order valence-electron chi connectivity index (χ3n) is 3.11. The van der Waals surface area contributed by atoms with E-state index in [2.05, 4.69) is 10.3 Å². The standard InChI is InChI=1S/C15H18N2O2S/c1-9-14(20-10(2)17-9)8-16-11-5-6-12-13(7-11)19-15(3,4)18-12/h5-7,16H,8H2,1-4H3. The number of nitrogens with one attached hydrogen (secondary N) is 1. The van der Waals surface area contributed by atoms with Crippen molar-refractivity contribution in [1.29, 1.82) is 0 Å². The van der Waals surface area contributed by atoms with Crippen LogP contribution in [0.15, 0.2) is 18.2 Å². The molecule has 0 spiro atoms. The maximum Gasteiger partial charge on any atom is 0.246 e. The summed E-state index contributed by atoms with van der Waals surface area (Å²) in [5.74, 6) is 1.01. The van der Waals surface area contributed by atoms with Crippen LogP contribution in [-0.4, -0.2) is 10.8 Å². The molecule has 0 aliphatic carbocycles. The first kappa shape index (κ1) is 13.2. The van der Waals surface area contributed by atoms with E-state index in [1.807, 2.05) is 45.9 Å². The predicted octanol–water partition coefficient (Wildman–Crippen LogP) is 3.88. The SMILES string of the molecule is Cc1nc(C)c(CNc2ccc3c(c2)OC(C)(C)O3)s1. The van der Waals surface area contributed by atoms with Crippen LogP contribution in [0.25, 0.3) is 0 Å². The number of ether oxygens (including phenoxy) is 2. The lowest BCUT2D eigenvalue weighted by Gasteiger charge is -2.16. The summed E-state index contributed by atoms with van der Waals surface area (Å²) in [6, 6.07) is 5.93. The monoisotopic (exact) mass is 290 g/mol. The molecule has 1 N–H and O–H groups in total. The number of thiazole rings is 1. The fourth-order valence-electron chi connectivity index (χ4n) is 2.25. The van der Waals surface area contributed by atoms with E-state index in [0.717, 1.165) is 34.4 Å². The molecule has 4 nitrogen and oxygen atoms in total. The first-order valence-corrected chi connectivity index (χ1v) is 7.43. The molecule has 20 heavy (non-hydrogen) atoms. The predicted molar refractivity (Wildman–Crippen MR) is 80.7 cm³/mol. The highest BCUT2D eigenvalue weighted by molar-refractivity contribution is 7.11. The first-order valence-electron chi connectivity index (χ1n) is 6.62. The van der Waals surface area contributed by atoms with Crippen LogP contribution >= 0.6 is 11.3 Å². The van der Waals surface area contributed by atoms with Crippen molar-refractivity contribution in [3.05, 3.63) is 33.8 Å². The van der Waals surface area contributed by atoms with Gasteiger partial charge in [0.1, 0.15) is 0 Å². The number of fused-ring (bicyclic) bond motifs is 1. The number of hydrogen-bond donors (Lipinski definition) is 1. The van der Waals surface area contributed by atoms with Crippen molar-refractivity contribution in [3.8, 4) is 11.5 Å². The molecule has 0 saturated heterocycles. The van der Waals surface area contributed by atoms with Crippen molar-refractivity contribution in [2.24, 2.45) is 0 Å². The van der Waals surface area contributed by atoms with E-state index in [9.17, 15) is 0 Å². The van der Waals surface area contributed by atoms with Gasteiger partial charge in [0.15, 0.2) is 11.5 Å². The number of benzene rings is 1. The molecule has 0 radical (unpaired) electrons. The minimum Gasteiger partial charge on any atom is -0.449 e. The maximum absolute atomic E-state index is 5.74. The molecule has 0 amide bonds. The van der Waals surface area contributed by atoms with Gasteiger partial charge >= 0.3 is 0 Å². The normalized spacial score (nSPS) is 15.4. The number of aryl methyl sites for hydroxylation is 2. The van der Waals surface area contributed by atoms with Gasteiger partial charge in [-0.15, -0.1) is 11.3 Å². The average molecular weight is 290 g/mol. The fourth-order valence-corrected chi connectivity index (χ4v) is 3.13. The van der Waals surface area contributed by atoms with Gasteiger partial charge in [-0.25, -0.2) is 4.98 Å². The highest BCUT2D eigenvalue weighted by Crippen LogP contribution is 2.40. The van der Waals surface area contributed by atoms with E-state index in [0.29, 0.717) is 0 Å². The van der Waals surface area contributed by atoms with Crippen LogP contribution in [0.4, 0.5) is 5.69 Å². The van der Waals surface area contributed by atoms with Crippen LogP contribution < -0.4 is 14.8 Å². The highest BCUT2D eigenvalue weighted by Gasteiger charge is 2.31. The van der Waals surface area contributed by atoms with Crippen molar-refractivity contribution in [1.82, 2.24) is 4.98 Å². The molecule has 106 valence electrons. The molecule has 0 fully saturated rings. The van der Waals surface area contributed by atoms with E-state index in [-0.39, 0.29) is 0 Å². The Morgan fingerprint density at radius 2 is 1.95 bits per heavy atom. The Balaban J connectivity index is 1.72. The first-order chi connectivity index (χ1) is 9.43. The van der Waals surface area contributed by atoms with Gasteiger partial charge in [0.05, 0.1) is 17.2 Å². The molecular formula is C15H18N2O2S. The highest BCUT2D eigenvalue weighted by atomic mass is 32.1. The molecule has 0 atom stereocenters.